The maximum absolute atomic E-state index is 9.27. The highest BCUT2D eigenvalue weighted by Gasteiger charge is 2.01. The first kappa shape index (κ1) is 14.0. The summed E-state index contributed by atoms with van der Waals surface area (Å²) in [5.74, 6) is 1.86. The van der Waals surface area contributed by atoms with Crippen molar-refractivity contribution in [2.24, 2.45) is 0 Å². The number of benzene rings is 2. The Balaban J connectivity index is 1.66. The lowest BCUT2D eigenvalue weighted by Gasteiger charge is -2.05. The van der Waals surface area contributed by atoms with Crippen molar-refractivity contribution >= 4 is 11.5 Å². The number of aromatic hydroxyl groups is 1. The van der Waals surface area contributed by atoms with E-state index in [1.54, 1.807) is 31.4 Å². The molecule has 2 N–H and O–H groups in total. The fourth-order valence-electron chi connectivity index (χ4n) is 2.13. The topological polar surface area (TPSA) is 59.3 Å². The monoisotopic (exact) mass is 295 g/mol. The smallest absolute Gasteiger partial charge is 0.152 e. The average molecular weight is 295 g/mol. The molecule has 112 valence electrons. The predicted octanol–water partition coefficient (Wildman–Crippen LogP) is 3.39. The summed E-state index contributed by atoms with van der Waals surface area (Å²) in [6.07, 6.45) is 1.92. The Bertz CT molecular complexity index is 733. The van der Waals surface area contributed by atoms with Gasteiger partial charge in [0.2, 0.25) is 0 Å². The molecule has 1 heterocycles. The predicted molar refractivity (Wildman–Crippen MR) is 85.7 cm³/mol. The zero-order valence-electron chi connectivity index (χ0n) is 12.2. The van der Waals surface area contributed by atoms with E-state index in [-0.39, 0.29) is 5.75 Å². The molecule has 0 bridgehead atoms. The van der Waals surface area contributed by atoms with Crippen molar-refractivity contribution in [3.8, 4) is 11.5 Å². The van der Waals surface area contributed by atoms with Gasteiger partial charge in [-0.1, -0.05) is 12.1 Å². The van der Waals surface area contributed by atoms with Crippen LogP contribution in [0.15, 0.2) is 60.8 Å². The summed E-state index contributed by atoms with van der Waals surface area (Å²) in [6.45, 7) is 0.696. The summed E-state index contributed by atoms with van der Waals surface area (Å²) >= 11 is 0. The third-order valence-electron chi connectivity index (χ3n) is 3.28. The van der Waals surface area contributed by atoms with E-state index in [1.807, 2.05) is 41.2 Å². The fourth-order valence-corrected chi connectivity index (χ4v) is 2.13. The Morgan fingerprint density at radius 3 is 2.45 bits per heavy atom. The summed E-state index contributed by atoms with van der Waals surface area (Å²) in [5, 5.41) is 16.9. The van der Waals surface area contributed by atoms with Crippen LogP contribution < -0.4 is 10.1 Å². The Kier molecular flexibility index (Phi) is 3.96. The maximum atomic E-state index is 9.27. The number of rotatable bonds is 5. The Hall–Kier alpha value is -2.95. The fraction of sp³-hybridized carbons (Fsp3) is 0.118. The molecule has 3 aromatic rings. The van der Waals surface area contributed by atoms with Crippen LogP contribution in [0, 0.1) is 0 Å². The van der Waals surface area contributed by atoms with Gasteiger partial charge in [0.05, 0.1) is 13.7 Å². The SMILES string of the molecule is COc1ccc(Cn2ccc(Nc3ccc(O)cc3)n2)cc1. The highest BCUT2D eigenvalue weighted by Crippen LogP contribution is 2.18. The van der Waals surface area contributed by atoms with Crippen LogP contribution in [0.3, 0.4) is 0 Å². The van der Waals surface area contributed by atoms with Crippen molar-refractivity contribution in [2.45, 2.75) is 6.54 Å². The van der Waals surface area contributed by atoms with E-state index < -0.39 is 0 Å². The number of aromatic nitrogens is 2. The third-order valence-corrected chi connectivity index (χ3v) is 3.28. The molecule has 0 unspecified atom stereocenters. The minimum absolute atomic E-state index is 0.246. The lowest BCUT2D eigenvalue weighted by Crippen LogP contribution is -2.01. The number of nitrogens with zero attached hydrogens (tertiary/aromatic N) is 2. The van der Waals surface area contributed by atoms with E-state index in [0.29, 0.717) is 6.54 Å². The van der Waals surface area contributed by atoms with Crippen LogP contribution in [0.25, 0.3) is 0 Å². The van der Waals surface area contributed by atoms with E-state index >= 15 is 0 Å². The van der Waals surface area contributed by atoms with Gasteiger partial charge in [-0.3, -0.25) is 4.68 Å². The van der Waals surface area contributed by atoms with Gasteiger partial charge in [0.1, 0.15) is 11.5 Å². The third kappa shape index (κ3) is 3.38. The van der Waals surface area contributed by atoms with Crippen LogP contribution in [0.4, 0.5) is 11.5 Å². The molecule has 0 saturated carbocycles. The zero-order valence-corrected chi connectivity index (χ0v) is 12.2. The van der Waals surface area contributed by atoms with Gasteiger partial charge in [-0.05, 0) is 42.0 Å². The maximum Gasteiger partial charge on any atom is 0.152 e. The first-order valence-corrected chi connectivity index (χ1v) is 6.95. The summed E-state index contributed by atoms with van der Waals surface area (Å²) in [6, 6.07) is 16.7. The van der Waals surface area contributed by atoms with Crippen LogP contribution in [0.5, 0.6) is 11.5 Å². The second-order valence-corrected chi connectivity index (χ2v) is 4.92. The number of ether oxygens (including phenoxy) is 1. The molecule has 3 rings (SSSR count). The Morgan fingerprint density at radius 1 is 1.05 bits per heavy atom. The molecule has 0 saturated heterocycles. The minimum atomic E-state index is 0.246. The molecular weight excluding hydrogens is 278 g/mol. The molecule has 0 aliphatic rings. The molecule has 0 aliphatic carbocycles. The van der Waals surface area contributed by atoms with Crippen LogP contribution >= 0.6 is 0 Å². The number of hydrogen-bond acceptors (Lipinski definition) is 4. The summed E-state index contributed by atoms with van der Waals surface area (Å²) < 4.78 is 7.01. The summed E-state index contributed by atoms with van der Waals surface area (Å²) in [7, 11) is 1.66. The van der Waals surface area contributed by atoms with Crippen molar-refractivity contribution in [1.29, 1.82) is 0 Å². The number of anilines is 2. The number of phenolic OH excluding ortho intramolecular Hbond substituents is 1. The molecule has 0 amide bonds. The largest absolute Gasteiger partial charge is 0.508 e. The highest BCUT2D eigenvalue weighted by atomic mass is 16.5. The Labute approximate surface area is 128 Å². The second kappa shape index (κ2) is 6.22. The van der Waals surface area contributed by atoms with Gasteiger partial charge < -0.3 is 15.2 Å². The van der Waals surface area contributed by atoms with E-state index in [1.165, 1.54) is 0 Å². The van der Waals surface area contributed by atoms with Crippen molar-refractivity contribution in [3.63, 3.8) is 0 Å². The van der Waals surface area contributed by atoms with E-state index in [2.05, 4.69) is 10.4 Å². The highest BCUT2D eigenvalue weighted by molar-refractivity contribution is 5.56. The minimum Gasteiger partial charge on any atom is -0.508 e. The molecule has 0 aliphatic heterocycles. The van der Waals surface area contributed by atoms with Crippen molar-refractivity contribution in [1.82, 2.24) is 9.78 Å². The molecule has 0 radical (unpaired) electrons. The molecule has 2 aromatic carbocycles. The van der Waals surface area contributed by atoms with E-state index in [0.717, 1.165) is 22.8 Å². The molecule has 1 aromatic heterocycles. The van der Waals surface area contributed by atoms with Crippen LogP contribution in [0.1, 0.15) is 5.56 Å². The summed E-state index contributed by atoms with van der Waals surface area (Å²) in [5.41, 5.74) is 2.03. The Morgan fingerprint density at radius 2 is 1.77 bits per heavy atom. The van der Waals surface area contributed by atoms with Crippen LogP contribution in [-0.4, -0.2) is 22.0 Å². The van der Waals surface area contributed by atoms with Crippen molar-refractivity contribution < 1.29 is 9.84 Å². The van der Waals surface area contributed by atoms with E-state index in [9.17, 15) is 5.11 Å². The van der Waals surface area contributed by atoms with Gasteiger partial charge in [-0.2, -0.15) is 5.10 Å². The van der Waals surface area contributed by atoms with Crippen LogP contribution in [-0.2, 0) is 6.54 Å². The molecule has 22 heavy (non-hydrogen) atoms. The molecule has 0 fully saturated rings. The van der Waals surface area contributed by atoms with Crippen LogP contribution in [0.2, 0.25) is 0 Å². The van der Waals surface area contributed by atoms with Gasteiger partial charge >= 0.3 is 0 Å². The standard InChI is InChI=1S/C17H17N3O2/c1-22-16-8-2-13(3-9-16)12-20-11-10-17(19-20)18-14-4-6-15(21)7-5-14/h2-11,21H,12H2,1H3,(H,18,19). The number of nitrogens with one attached hydrogen (secondary N) is 1. The van der Waals surface area contributed by atoms with Gasteiger partial charge in [0.25, 0.3) is 0 Å². The lowest BCUT2D eigenvalue weighted by molar-refractivity contribution is 0.414. The molecule has 5 heteroatoms. The second-order valence-electron chi connectivity index (χ2n) is 4.92. The van der Waals surface area contributed by atoms with Gasteiger partial charge in [0.15, 0.2) is 5.82 Å². The number of methoxy groups -OCH3 is 1. The summed E-state index contributed by atoms with van der Waals surface area (Å²) in [4.78, 5) is 0. The van der Waals surface area contributed by atoms with Gasteiger partial charge in [-0.25, -0.2) is 0 Å². The molecule has 5 nitrogen and oxygen atoms in total. The first-order valence-electron chi connectivity index (χ1n) is 6.95. The van der Waals surface area contributed by atoms with E-state index in [4.69, 9.17) is 4.74 Å². The number of hydrogen-bond donors (Lipinski definition) is 2. The zero-order chi connectivity index (χ0) is 15.4. The normalized spacial score (nSPS) is 10.4. The van der Waals surface area contributed by atoms with Gasteiger partial charge in [0, 0.05) is 18.0 Å². The van der Waals surface area contributed by atoms with Crippen molar-refractivity contribution in [3.05, 3.63) is 66.4 Å². The molecule has 0 spiro atoms. The average Bonchev–Trinajstić information content (AvgIpc) is 2.97. The quantitative estimate of drug-likeness (QED) is 0.708. The number of phenols is 1. The first-order chi connectivity index (χ1) is 10.7. The lowest BCUT2D eigenvalue weighted by atomic mass is 10.2. The van der Waals surface area contributed by atoms with Gasteiger partial charge in [-0.15, -0.1) is 0 Å². The molecular formula is C17H17N3O2. The van der Waals surface area contributed by atoms with Crippen molar-refractivity contribution in [2.75, 3.05) is 12.4 Å². The molecule has 0 atom stereocenters.